The van der Waals surface area contributed by atoms with E-state index in [1.807, 2.05) is 36.0 Å². The predicted molar refractivity (Wildman–Crippen MR) is 141 cm³/mol. The molecule has 0 heterocycles. The molecule has 0 saturated carbocycles. The summed E-state index contributed by atoms with van der Waals surface area (Å²) in [4.78, 5) is 24.1. The highest BCUT2D eigenvalue weighted by Gasteiger charge is 2.14. The highest BCUT2D eigenvalue weighted by Crippen LogP contribution is 2.39. The highest BCUT2D eigenvalue weighted by molar-refractivity contribution is 7.99. The molecule has 3 aromatic rings. The Hall–Kier alpha value is -3.05. The second kappa shape index (κ2) is 12.4. The van der Waals surface area contributed by atoms with Crippen LogP contribution in [0.25, 0.3) is 11.1 Å². The fourth-order valence-electron chi connectivity index (χ4n) is 3.74. The maximum absolute atomic E-state index is 12.2. The lowest BCUT2D eigenvalue weighted by molar-refractivity contribution is -0.136. The molecule has 3 aromatic carbocycles. The van der Waals surface area contributed by atoms with Crippen LogP contribution in [0.15, 0.2) is 77.7 Å². The molecular formula is C29H33NO3S. The number of hydrogen-bond donors (Lipinski definition) is 2. The van der Waals surface area contributed by atoms with Crippen LogP contribution < -0.4 is 5.32 Å². The Bertz CT molecular complexity index is 1070. The van der Waals surface area contributed by atoms with Gasteiger partial charge in [0.25, 0.3) is 5.91 Å². The molecule has 1 atom stereocenters. The fourth-order valence-corrected chi connectivity index (χ4v) is 5.01. The summed E-state index contributed by atoms with van der Waals surface area (Å²) in [5.74, 6) is -0.639. The quantitative estimate of drug-likeness (QED) is 0.285. The minimum atomic E-state index is -0.924. The zero-order chi connectivity index (χ0) is 24.5. The number of carbonyl (C=O) groups excluding carboxylic acids is 1. The largest absolute Gasteiger partial charge is 0.481 e. The van der Waals surface area contributed by atoms with Crippen molar-refractivity contribution >= 4 is 23.6 Å². The minimum absolute atomic E-state index is 0.0823. The first-order valence-corrected chi connectivity index (χ1v) is 12.7. The van der Waals surface area contributed by atoms with E-state index in [1.54, 1.807) is 0 Å². The second-order valence-electron chi connectivity index (χ2n) is 8.72. The minimum Gasteiger partial charge on any atom is -0.481 e. The van der Waals surface area contributed by atoms with Gasteiger partial charge in [-0.2, -0.15) is 0 Å². The van der Waals surface area contributed by atoms with Crippen molar-refractivity contribution in [3.8, 4) is 11.1 Å². The third kappa shape index (κ3) is 7.22. The van der Waals surface area contributed by atoms with E-state index in [-0.39, 0.29) is 18.9 Å². The van der Waals surface area contributed by atoms with E-state index in [2.05, 4.69) is 74.6 Å². The molecule has 0 saturated heterocycles. The molecule has 0 aromatic heterocycles. The maximum Gasteiger partial charge on any atom is 0.305 e. The van der Waals surface area contributed by atoms with Gasteiger partial charge in [0.05, 0.1) is 6.42 Å². The molecule has 0 radical (unpaired) electrons. The van der Waals surface area contributed by atoms with Gasteiger partial charge in [-0.05, 0) is 58.9 Å². The first-order valence-electron chi connectivity index (χ1n) is 11.8. The van der Waals surface area contributed by atoms with Crippen LogP contribution in [0, 0.1) is 0 Å². The second-order valence-corrected chi connectivity index (χ2v) is 9.99. The molecule has 4 nitrogen and oxygen atoms in total. The number of thioether (sulfide) groups is 1. The average molecular weight is 476 g/mol. The van der Waals surface area contributed by atoms with Crippen LogP contribution in [0.5, 0.6) is 0 Å². The molecule has 0 spiro atoms. The molecule has 0 aliphatic carbocycles. The van der Waals surface area contributed by atoms with E-state index in [0.29, 0.717) is 16.7 Å². The Morgan fingerprint density at radius 2 is 1.41 bits per heavy atom. The van der Waals surface area contributed by atoms with Crippen LogP contribution in [0.1, 0.15) is 72.7 Å². The SMILES string of the molecule is CCCC(Sc1ccc(-c2ccc(C(C)C)cc2)cc1)c1ccc(C(=O)NCCC(=O)O)cc1. The number of rotatable bonds is 11. The molecule has 5 heteroatoms. The number of carboxylic acids is 1. The van der Waals surface area contributed by atoms with Crippen LogP contribution in [0.3, 0.4) is 0 Å². The van der Waals surface area contributed by atoms with Gasteiger partial charge in [0.2, 0.25) is 0 Å². The number of nitrogens with one attached hydrogen (secondary N) is 1. The Morgan fingerprint density at radius 1 is 0.853 bits per heavy atom. The van der Waals surface area contributed by atoms with Gasteiger partial charge in [0, 0.05) is 22.3 Å². The van der Waals surface area contributed by atoms with Gasteiger partial charge in [-0.1, -0.05) is 75.7 Å². The van der Waals surface area contributed by atoms with Gasteiger partial charge < -0.3 is 10.4 Å². The van der Waals surface area contributed by atoms with Crippen molar-refractivity contribution in [1.29, 1.82) is 0 Å². The number of aliphatic carboxylic acids is 1. The van der Waals surface area contributed by atoms with Crippen LogP contribution in [-0.2, 0) is 4.79 Å². The normalized spacial score (nSPS) is 11.9. The Labute approximate surface area is 206 Å². The standard InChI is InChI=1S/C29H33NO3S/c1-4-5-27(24-10-12-25(13-11-24)29(33)30-19-18-28(31)32)34-26-16-14-23(15-17-26)22-8-6-21(7-9-22)20(2)3/h6-17,20,27H,4-5,18-19H2,1-3H3,(H,30,33)(H,31,32). The monoisotopic (exact) mass is 475 g/mol. The summed E-state index contributed by atoms with van der Waals surface area (Å²) in [6.45, 7) is 6.72. The van der Waals surface area contributed by atoms with Crippen LogP contribution in [-0.4, -0.2) is 23.5 Å². The Kier molecular flexibility index (Phi) is 9.34. The molecular weight excluding hydrogens is 442 g/mol. The molecule has 0 aliphatic heterocycles. The lowest BCUT2D eigenvalue weighted by Gasteiger charge is -2.17. The molecule has 0 bridgehead atoms. The summed E-state index contributed by atoms with van der Waals surface area (Å²) in [6, 6.07) is 25.2. The van der Waals surface area contributed by atoms with E-state index < -0.39 is 5.97 Å². The number of hydrogen-bond acceptors (Lipinski definition) is 3. The zero-order valence-corrected chi connectivity index (χ0v) is 20.9. The average Bonchev–Trinajstić information content (AvgIpc) is 2.84. The van der Waals surface area contributed by atoms with Crippen molar-refractivity contribution in [3.05, 3.63) is 89.5 Å². The van der Waals surface area contributed by atoms with E-state index >= 15 is 0 Å². The number of amides is 1. The third-order valence-electron chi connectivity index (χ3n) is 5.76. The van der Waals surface area contributed by atoms with E-state index in [4.69, 9.17) is 5.11 Å². The zero-order valence-electron chi connectivity index (χ0n) is 20.1. The molecule has 0 fully saturated rings. The smallest absolute Gasteiger partial charge is 0.305 e. The summed E-state index contributed by atoms with van der Waals surface area (Å²) in [5.41, 5.74) is 5.51. The number of benzene rings is 3. The van der Waals surface area contributed by atoms with Gasteiger partial charge in [-0.15, -0.1) is 11.8 Å². The Morgan fingerprint density at radius 3 is 1.94 bits per heavy atom. The summed E-state index contributed by atoms with van der Waals surface area (Å²) in [6.07, 6.45) is 2.02. The van der Waals surface area contributed by atoms with Crippen molar-refractivity contribution in [2.45, 2.75) is 56.1 Å². The predicted octanol–water partition coefficient (Wildman–Crippen LogP) is 7.32. The summed E-state index contributed by atoms with van der Waals surface area (Å²) in [7, 11) is 0. The molecule has 3 rings (SSSR count). The van der Waals surface area contributed by atoms with Gasteiger partial charge in [-0.3, -0.25) is 9.59 Å². The number of carbonyl (C=O) groups is 2. The van der Waals surface area contributed by atoms with E-state index in [1.165, 1.54) is 27.1 Å². The molecule has 1 amide bonds. The lowest BCUT2D eigenvalue weighted by atomic mass is 9.99. The first-order chi connectivity index (χ1) is 16.4. The first kappa shape index (κ1) is 25.6. The van der Waals surface area contributed by atoms with Crippen molar-refractivity contribution in [1.82, 2.24) is 5.32 Å². The molecule has 1 unspecified atom stereocenters. The molecule has 178 valence electrons. The Balaban J connectivity index is 1.66. The van der Waals surface area contributed by atoms with Crippen molar-refractivity contribution in [2.75, 3.05) is 6.54 Å². The number of carboxylic acid groups (broad SMARTS) is 1. The molecule has 2 N–H and O–H groups in total. The lowest BCUT2D eigenvalue weighted by Crippen LogP contribution is -2.25. The highest BCUT2D eigenvalue weighted by atomic mass is 32.2. The summed E-state index contributed by atoms with van der Waals surface area (Å²) < 4.78 is 0. The molecule has 0 aliphatic rings. The molecule has 34 heavy (non-hydrogen) atoms. The van der Waals surface area contributed by atoms with Crippen LogP contribution >= 0.6 is 11.8 Å². The van der Waals surface area contributed by atoms with E-state index in [9.17, 15) is 9.59 Å². The van der Waals surface area contributed by atoms with Crippen molar-refractivity contribution in [3.63, 3.8) is 0 Å². The van der Waals surface area contributed by atoms with Crippen LogP contribution in [0.2, 0.25) is 0 Å². The van der Waals surface area contributed by atoms with Gasteiger partial charge in [0.15, 0.2) is 0 Å². The fraction of sp³-hybridized carbons (Fsp3) is 0.310. The van der Waals surface area contributed by atoms with Gasteiger partial charge in [-0.25, -0.2) is 0 Å². The van der Waals surface area contributed by atoms with Crippen molar-refractivity contribution < 1.29 is 14.7 Å². The maximum atomic E-state index is 12.2. The summed E-state index contributed by atoms with van der Waals surface area (Å²) in [5, 5.41) is 11.7. The van der Waals surface area contributed by atoms with Gasteiger partial charge in [0.1, 0.15) is 0 Å². The van der Waals surface area contributed by atoms with Gasteiger partial charge >= 0.3 is 5.97 Å². The summed E-state index contributed by atoms with van der Waals surface area (Å²) >= 11 is 1.84. The van der Waals surface area contributed by atoms with Crippen molar-refractivity contribution in [2.24, 2.45) is 0 Å². The van der Waals surface area contributed by atoms with E-state index in [0.717, 1.165) is 12.8 Å². The van der Waals surface area contributed by atoms with Crippen LogP contribution in [0.4, 0.5) is 0 Å². The third-order valence-corrected chi connectivity index (χ3v) is 7.10. The topological polar surface area (TPSA) is 66.4 Å².